The number of aromatic nitrogens is 2. The van der Waals surface area contributed by atoms with E-state index >= 15 is 0 Å². The molecule has 0 saturated carbocycles. The first-order chi connectivity index (χ1) is 8.97. The van der Waals surface area contributed by atoms with Gasteiger partial charge in [-0.15, -0.1) is 0 Å². The van der Waals surface area contributed by atoms with Crippen LogP contribution in [0.1, 0.15) is 11.4 Å². The summed E-state index contributed by atoms with van der Waals surface area (Å²) in [4.78, 5) is 3.96. The second-order valence-electron chi connectivity index (χ2n) is 3.35. The van der Waals surface area contributed by atoms with Crippen molar-refractivity contribution in [2.75, 3.05) is 5.43 Å². The zero-order valence-corrected chi connectivity index (χ0v) is 12.3. The fourth-order valence-electron chi connectivity index (χ4n) is 1.14. The summed E-state index contributed by atoms with van der Waals surface area (Å²) >= 11 is 17.9. The van der Waals surface area contributed by atoms with E-state index in [9.17, 15) is 5.11 Å². The van der Waals surface area contributed by atoms with Crippen molar-refractivity contribution in [1.82, 2.24) is 9.36 Å². The fourth-order valence-corrected chi connectivity index (χ4v) is 2.11. The highest BCUT2D eigenvalue weighted by atomic mass is 35.6. The fraction of sp³-hybridized carbons (Fsp3) is 0.100. The number of nitrogens with zero attached hydrogens (tertiary/aromatic N) is 3. The van der Waals surface area contributed by atoms with Crippen LogP contribution in [0.25, 0.3) is 0 Å². The number of nitrogens with one attached hydrogen (secondary N) is 1. The molecule has 0 saturated heterocycles. The third kappa shape index (κ3) is 3.94. The highest BCUT2D eigenvalue weighted by Crippen LogP contribution is 2.37. The molecule has 2 aromatic rings. The van der Waals surface area contributed by atoms with Crippen molar-refractivity contribution in [3.63, 3.8) is 0 Å². The minimum Gasteiger partial charge on any atom is -0.507 e. The number of aromatic hydroxyl groups is 1. The first kappa shape index (κ1) is 14.3. The van der Waals surface area contributed by atoms with Gasteiger partial charge in [-0.25, -0.2) is 0 Å². The SMILES string of the molecule is Oc1ccccc1C=NNc1nc(C(Cl)(Cl)Cl)ns1. The van der Waals surface area contributed by atoms with Crippen molar-refractivity contribution in [3.05, 3.63) is 35.7 Å². The summed E-state index contributed by atoms with van der Waals surface area (Å²) in [5.74, 6) is 0.218. The third-order valence-electron chi connectivity index (χ3n) is 1.98. The second-order valence-corrected chi connectivity index (χ2v) is 6.38. The van der Waals surface area contributed by atoms with Gasteiger partial charge >= 0.3 is 0 Å². The lowest BCUT2D eigenvalue weighted by Crippen LogP contribution is -2.02. The lowest BCUT2D eigenvalue weighted by atomic mass is 10.2. The lowest BCUT2D eigenvalue weighted by molar-refractivity contribution is 0.474. The molecule has 100 valence electrons. The summed E-state index contributed by atoms with van der Waals surface area (Å²) in [6.45, 7) is 0. The van der Waals surface area contributed by atoms with Crippen LogP contribution in [-0.4, -0.2) is 20.7 Å². The molecule has 2 N–H and O–H groups in total. The molecule has 0 aliphatic carbocycles. The molecule has 0 unspecified atom stereocenters. The topological polar surface area (TPSA) is 70.4 Å². The first-order valence-corrected chi connectivity index (χ1v) is 6.85. The van der Waals surface area contributed by atoms with Crippen LogP contribution >= 0.6 is 46.3 Å². The van der Waals surface area contributed by atoms with Crippen LogP contribution in [0.5, 0.6) is 5.75 Å². The van der Waals surface area contributed by atoms with E-state index in [1.165, 1.54) is 6.21 Å². The van der Waals surface area contributed by atoms with Gasteiger partial charge in [-0.05, 0) is 12.1 Å². The Kier molecular flexibility index (Phi) is 4.46. The molecule has 0 radical (unpaired) electrons. The van der Waals surface area contributed by atoms with Crippen molar-refractivity contribution in [3.8, 4) is 5.75 Å². The van der Waals surface area contributed by atoms with Gasteiger partial charge in [-0.3, -0.25) is 5.43 Å². The standard InChI is InChI=1S/C10H7Cl3N4OS/c11-10(12,13)8-15-9(19-17-8)16-14-5-6-3-1-2-4-7(6)18/h1-5,18H,(H,15,16,17). The first-order valence-electron chi connectivity index (χ1n) is 4.95. The predicted octanol–water partition coefficient (Wildman–Crippen LogP) is 3.52. The van der Waals surface area contributed by atoms with E-state index in [-0.39, 0.29) is 11.6 Å². The Hall–Kier alpha value is -1.08. The van der Waals surface area contributed by atoms with Crippen molar-refractivity contribution in [1.29, 1.82) is 0 Å². The summed E-state index contributed by atoms with van der Waals surface area (Å²) in [6.07, 6.45) is 1.45. The summed E-state index contributed by atoms with van der Waals surface area (Å²) < 4.78 is 2.22. The Morgan fingerprint density at radius 2 is 2.05 bits per heavy atom. The van der Waals surface area contributed by atoms with Crippen LogP contribution in [0, 0.1) is 0 Å². The highest BCUT2D eigenvalue weighted by Gasteiger charge is 2.28. The van der Waals surface area contributed by atoms with Crippen LogP contribution in [0.15, 0.2) is 29.4 Å². The number of benzene rings is 1. The highest BCUT2D eigenvalue weighted by molar-refractivity contribution is 7.09. The minimum atomic E-state index is -1.65. The minimum absolute atomic E-state index is 0.0859. The van der Waals surface area contributed by atoms with Crippen LogP contribution in [0.4, 0.5) is 5.13 Å². The molecule has 0 aliphatic rings. The molecular weight excluding hydrogens is 331 g/mol. The maximum absolute atomic E-state index is 9.52. The maximum Gasteiger partial charge on any atom is 0.251 e. The van der Waals surface area contributed by atoms with Gasteiger partial charge < -0.3 is 5.11 Å². The molecule has 0 atom stereocenters. The Morgan fingerprint density at radius 1 is 1.32 bits per heavy atom. The molecule has 1 aromatic heterocycles. The molecule has 5 nitrogen and oxygen atoms in total. The van der Waals surface area contributed by atoms with Gasteiger partial charge in [0.05, 0.1) is 6.21 Å². The summed E-state index contributed by atoms with van der Waals surface area (Å²) in [5.41, 5.74) is 3.21. The molecule has 0 spiro atoms. The predicted molar refractivity (Wildman–Crippen MR) is 78.5 cm³/mol. The third-order valence-corrected chi connectivity index (χ3v) is 3.11. The number of rotatable bonds is 3. The molecule has 0 bridgehead atoms. The number of hydrogen-bond donors (Lipinski definition) is 2. The number of para-hydroxylation sites is 1. The number of phenolic OH excluding ortho intramolecular Hbond substituents is 1. The second kappa shape index (κ2) is 5.92. The van der Waals surface area contributed by atoms with E-state index in [1.54, 1.807) is 24.3 Å². The lowest BCUT2D eigenvalue weighted by Gasteiger charge is -2.02. The van der Waals surface area contributed by atoms with Gasteiger partial charge in [-0.2, -0.15) is 14.5 Å². The van der Waals surface area contributed by atoms with E-state index < -0.39 is 3.79 Å². The molecule has 0 fully saturated rings. The monoisotopic (exact) mass is 336 g/mol. The average Bonchev–Trinajstić information content (AvgIpc) is 2.80. The van der Waals surface area contributed by atoms with Crippen LogP contribution in [0.2, 0.25) is 0 Å². The molecule has 19 heavy (non-hydrogen) atoms. The van der Waals surface area contributed by atoms with E-state index in [4.69, 9.17) is 34.8 Å². The summed E-state index contributed by atoms with van der Waals surface area (Å²) in [7, 11) is 0. The van der Waals surface area contributed by atoms with Crippen LogP contribution < -0.4 is 5.43 Å². The van der Waals surface area contributed by atoms with Crippen LogP contribution in [0.3, 0.4) is 0 Å². The Labute approximate surface area is 128 Å². The van der Waals surface area contributed by atoms with Crippen LogP contribution in [-0.2, 0) is 3.79 Å². The molecule has 0 aliphatic heterocycles. The molecule has 0 amide bonds. The van der Waals surface area contributed by atoms with E-state index in [0.29, 0.717) is 10.7 Å². The molecule has 1 heterocycles. The van der Waals surface area contributed by atoms with Crippen molar-refractivity contribution in [2.45, 2.75) is 3.79 Å². The van der Waals surface area contributed by atoms with Gasteiger partial charge in [-0.1, -0.05) is 46.9 Å². The zero-order valence-electron chi connectivity index (χ0n) is 9.22. The van der Waals surface area contributed by atoms with E-state index in [1.807, 2.05) is 0 Å². The summed E-state index contributed by atoms with van der Waals surface area (Å²) in [5, 5.41) is 13.8. The van der Waals surface area contributed by atoms with Gasteiger partial charge in [0.15, 0.2) is 5.82 Å². The quantitative estimate of drug-likeness (QED) is 0.511. The molecule has 2 rings (SSSR count). The molecular formula is C10H7Cl3N4OS. The van der Waals surface area contributed by atoms with Crippen molar-refractivity contribution < 1.29 is 5.11 Å². The van der Waals surface area contributed by atoms with Gasteiger partial charge in [0.1, 0.15) is 5.75 Å². The molecule has 9 heteroatoms. The van der Waals surface area contributed by atoms with Crippen molar-refractivity contribution in [2.24, 2.45) is 5.10 Å². The van der Waals surface area contributed by atoms with Crippen molar-refractivity contribution >= 4 is 57.7 Å². The molecule has 1 aromatic carbocycles. The Balaban J connectivity index is 2.03. The van der Waals surface area contributed by atoms with Gasteiger partial charge in [0, 0.05) is 17.1 Å². The van der Waals surface area contributed by atoms with E-state index in [0.717, 1.165) is 11.5 Å². The number of hydrazone groups is 1. The summed E-state index contributed by atoms with van der Waals surface area (Å²) in [6, 6.07) is 6.78. The Morgan fingerprint density at radius 3 is 2.68 bits per heavy atom. The number of phenols is 1. The van der Waals surface area contributed by atoms with Gasteiger partial charge in [0.2, 0.25) is 5.13 Å². The zero-order chi connectivity index (χ0) is 13.9. The number of anilines is 1. The smallest absolute Gasteiger partial charge is 0.251 e. The van der Waals surface area contributed by atoms with Gasteiger partial charge in [0.25, 0.3) is 3.79 Å². The number of hydrogen-bond acceptors (Lipinski definition) is 6. The normalized spacial score (nSPS) is 11.9. The number of halogens is 3. The number of alkyl halides is 3. The average molecular weight is 338 g/mol. The maximum atomic E-state index is 9.52. The Bertz CT molecular complexity index is 596. The van der Waals surface area contributed by atoms with E-state index in [2.05, 4.69) is 19.9 Å². The largest absolute Gasteiger partial charge is 0.507 e.